The molecule has 1 fully saturated rings. The van der Waals surface area contributed by atoms with E-state index in [1.54, 1.807) is 6.26 Å². The average Bonchev–Trinajstić information content (AvgIpc) is 3.12. The van der Waals surface area contributed by atoms with Gasteiger partial charge in [0.05, 0.1) is 32.6 Å². The Labute approximate surface area is 167 Å². The van der Waals surface area contributed by atoms with Crippen LogP contribution in [0.25, 0.3) is 0 Å². The van der Waals surface area contributed by atoms with E-state index in [0.29, 0.717) is 6.61 Å². The first-order valence-corrected chi connectivity index (χ1v) is 8.81. The number of aliphatic imine (C=N–C) groups is 1. The van der Waals surface area contributed by atoms with Gasteiger partial charge in [-0.25, -0.2) is 0 Å². The lowest BCUT2D eigenvalue weighted by Crippen LogP contribution is -2.41. The molecule has 0 amide bonds. The lowest BCUT2D eigenvalue weighted by molar-refractivity contribution is 0.0394. The summed E-state index contributed by atoms with van der Waals surface area (Å²) in [5, 5.41) is 6.67. The van der Waals surface area contributed by atoms with Gasteiger partial charge < -0.3 is 24.5 Å². The number of nitrogens with zero attached hydrogens (tertiary/aromatic N) is 2. The van der Waals surface area contributed by atoms with Crippen LogP contribution in [-0.2, 0) is 15.9 Å². The van der Waals surface area contributed by atoms with Crippen molar-refractivity contribution in [1.29, 1.82) is 0 Å². The molecule has 0 bridgehead atoms. The molecule has 1 aliphatic rings. The van der Waals surface area contributed by atoms with Crippen LogP contribution in [0.2, 0.25) is 0 Å². The summed E-state index contributed by atoms with van der Waals surface area (Å²) in [4.78, 5) is 7.04. The summed E-state index contributed by atoms with van der Waals surface area (Å²) >= 11 is 0. The molecule has 2 rings (SSSR count). The zero-order valence-electron chi connectivity index (χ0n) is 15.0. The monoisotopic (exact) mass is 466 g/mol. The number of hydrogen-bond donors (Lipinski definition) is 2. The summed E-state index contributed by atoms with van der Waals surface area (Å²) in [5.41, 5.74) is 0. The third kappa shape index (κ3) is 10.0. The molecule has 144 valence electrons. The molecule has 0 atom stereocenters. The Bertz CT molecular complexity index is 451. The van der Waals surface area contributed by atoms with Crippen LogP contribution in [0.15, 0.2) is 27.8 Å². The highest BCUT2D eigenvalue weighted by atomic mass is 127. The van der Waals surface area contributed by atoms with Gasteiger partial charge >= 0.3 is 0 Å². The van der Waals surface area contributed by atoms with Crippen LogP contribution in [0.5, 0.6) is 0 Å². The molecule has 1 aromatic rings. The van der Waals surface area contributed by atoms with Gasteiger partial charge in [0.15, 0.2) is 5.96 Å². The smallest absolute Gasteiger partial charge is 0.191 e. The minimum absolute atomic E-state index is 0. The molecule has 0 unspecified atom stereocenters. The molecule has 1 aromatic heterocycles. The highest BCUT2D eigenvalue weighted by Crippen LogP contribution is 1.99. The van der Waals surface area contributed by atoms with Gasteiger partial charge in [0, 0.05) is 45.8 Å². The molecule has 2 N–H and O–H groups in total. The van der Waals surface area contributed by atoms with Crippen LogP contribution in [-0.4, -0.2) is 76.6 Å². The number of hydrogen-bond acceptors (Lipinski definition) is 5. The lowest BCUT2D eigenvalue weighted by atomic mass is 10.3. The molecule has 1 aliphatic heterocycles. The van der Waals surface area contributed by atoms with Crippen LogP contribution < -0.4 is 10.6 Å². The second-order valence-electron chi connectivity index (χ2n) is 5.56. The zero-order valence-corrected chi connectivity index (χ0v) is 17.4. The van der Waals surface area contributed by atoms with Gasteiger partial charge in [-0.3, -0.25) is 9.89 Å². The topological polar surface area (TPSA) is 71.3 Å². The number of ether oxygens (including phenoxy) is 2. The maximum Gasteiger partial charge on any atom is 0.191 e. The van der Waals surface area contributed by atoms with Gasteiger partial charge in [0.25, 0.3) is 0 Å². The van der Waals surface area contributed by atoms with Crippen molar-refractivity contribution in [3.05, 3.63) is 24.2 Å². The van der Waals surface area contributed by atoms with Gasteiger partial charge in [-0.15, -0.1) is 24.0 Å². The third-order valence-corrected chi connectivity index (χ3v) is 3.78. The van der Waals surface area contributed by atoms with Crippen LogP contribution in [0, 0.1) is 0 Å². The standard InChI is InChI=1S/C17H30N4O3.HI/c1-2-22-13-8-20-17(18-6-5-16-4-3-12-24-16)19-7-9-21-10-14-23-15-11-21;/h3-4,12H,2,5-11,13-15H2,1H3,(H2,18,19,20);1H. The molecule has 7 nitrogen and oxygen atoms in total. The SMILES string of the molecule is CCOCCNC(=NCCN1CCOCC1)NCCc1ccco1.I. The molecule has 0 spiro atoms. The fourth-order valence-electron chi connectivity index (χ4n) is 2.45. The Balaban J connectivity index is 0.00000312. The first-order valence-electron chi connectivity index (χ1n) is 8.81. The minimum atomic E-state index is 0. The summed E-state index contributed by atoms with van der Waals surface area (Å²) in [5.74, 6) is 1.80. The predicted octanol–water partition coefficient (Wildman–Crippen LogP) is 1.34. The predicted molar refractivity (Wildman–Crippen MR) is 110 cm³/mol. The number of guanidine groups is 1. The highest BCUT2D eigenvalue weighted by Gasteiger charge is 2.09. The van der Waals surface area contributed by atoms with E-state index in [0.717, 1.165) is 77.2 Å². The first kappa shape index (κ1) is 22.2. The maximum absolute atomic E-state index is 5.37. The number of morpholine rings is 1. The van der Waals surface area contributed by atoms with E-state index in [2.05, 4.69) is 20.5 Å². The second-order valence-corrected chi connectivity index (χ2v) is 5.56. The number of rotatable bonds is 10. The van der Waals surface area contributed by atoms with Gasteiger partial charge in [-0.05, 0) is 19.1 Å². The Morgan fingerprint density at radius 3 is 2.80 bits per heavy atom. The van der Waals surface area contributed by atoms with Gasteiger partial charge in [-0.1, -0.05) is 0 Å². The molecule has 0 radical (unpaired) electrons. The minimum Gasteiger partial charge on any atom is -0.469 e. The summed E-state index contributed by atoms with van der Waals surface area (Å²) < 4.78 is 16.1. The number of halogens is 1. The van der Waals surface area contributed by atoms with Crippen LogP contribution in [0.4, 0.5) is 0 Å². The van der Waals surface area contributed by atoms with Gasteiger partial charge in [0.2, 0.25) is 0 Å². The van der Waals surface area contributed by atoms with Gasteiger partial charge in [0.1, 0.15) is 5.76 Å². The lowest BCUT2D eigenvalue weighted by Gasteiger charge is -2.25. The fraction of sp³-hybridized carbons (Fsp3) is 0.706. The molecule has 2 heterocycles. The molecule has 8 heteroatoms. The van der Waals surface area contributed by atoms with Crippen molar-refractivity contribution in [2.24, 2.45) is 4.99 Å². The molecule has 25 heavy (non-hydrogen) atoms. The first-order chi connectivity index (χ1) is 11.9. The van der Waals surface area contributed by atoms with Gasteiger partial charge in [-0.2, -0.15) is 0 Å². The highest BCUT2D eigenvalue weighted by molar-refractivity contribution is 14.0. The molecule has 0 saturated carbocycles. The fourth-order valence-corrected chi connectivity index (χ4v) is 2.45. The Morgan fingerprint density at radius 2 is 2.08 bits per heavy atom. The van der Waals surface area contributed by atoms with Crippen LogP contribution in [0.1, 0.15) is 12.7 Å². The average molecular weight is 466 g/mol. The molecular formula is C17H31IN4O3. The van der Waals surface area contributed by atoms with E-state index in [1.165, 1.54) is 0 Å². The van der Waals surface area contributed by atoms with Crippen LogP contribution >= 0.6 is 24.0 Å². The second kappa shape index (κ2) is 14.3. The van der Waals surface area contributed by atoms with Crippen molar-refractivity contribution in [2.45, 2.75) is 13.3 Å². The quantitative estimate of drug-likeness (QED) is 0.235. The summed E-state index contributed by atoms with van der Waals surface area (Å²) in [7, 11) is 0. The van der Waals surface area contributed by atoms with Crippen molar-refractivity contribution >= 4 is 29.9 Å². The third-order valence-electron chi connectivity index (χ3n) is 3.78. The van der Waals surface area contributed by atoms with Crippen molar-refractivity contribution in [3.63, 3.8) is 0 Å². The summed E-state index contributed by atoms with van der Waals surface area (Å²) in [6.45, 7) is 10.3. The molecule has 1 saturated heterocycles. The Kier molecular flexibility index (Phi) is 12.7. The van der Waals surface area contributed by atoms with E-state index in [-0.39, 0.29) is 24.0 Å². The largest absolute Gasteiger partial charge is 0.469 e. The molecular weight excluding hydrogens is 435 g/mol. The van der Waals surface area contributed by atoms with Crippen molar-refractivity contribution < 1.29 is 13.9 Å². The summed E-state index contributed by atoms with van der Waals surface area (Å²) in [6.07, 6.45) is 2.54. The van der Waals surface area contributed by atoms with Crippen molar-refractivity contribution in [3.8, 4) is 0 Å². The van der Waals surface area contributed by atoms with E-state index in [1.807, 2.05) is 19.1 Å². The van der Waals surface area contributed by atoms with E-state index < -0.39 is 0 Å². The zero-order chi connectivity index (χ0) is 16.9. The van der Waals surface area contributed by atoms with E-state index in [4.69, 9.17) is 13.9 Å². The normalized spacial score (nSPS) is 15.6. The van der Waals surface area contributed by atoms with E-state index >= 15 is 0 Å². The molecule has 0 aliphatic carbocycles. The Morgan fingerprint density at radius 1 is 1.28 bits per heavy atom. The van der Waals surface area contributed by atoms with Crippen molar-refractivity contribution in [1.82, 2.24) is 15.5 Å². The summed E-state index contributed by atoms with van der Waals surface area (Å²) in [6, 6.07) is 3.90. The van der Waals surface area contributed by atoms with E-state index in [9.17, 15) is 0 Å². The van der Waals surface area contributed by atoms with Crippen molar-refractivity contribution in [2.75, 3.05) is 65.7 Å². The maximum atomic E-state index is 5.37. The molecule has 0 aromatic carbocycles. The van der Waals surface area contributed by atoms with Crippen LogP contribution in [0.3, 0.4) is 0 Å². The number of furan rings is 1. The Hall–Kier alpha value is -0.840. The number of nitrogens with one attached hydrogen (secondary N) is 2.